The summed E-state index contributed by atoms with van der Waals surface area (Å²) in [6.45, 7) is -1.02. The summed E-state index contributed by atoms with van der Waals surface area (Å²) >= 11 is 0. The highest BCUT2D eigenvalue weighted by Crippen LogP contribution is 2.27. The zero-order valence-corrected chi connectivity index (χ0v) is 6.29. The number of aliphatic hydroxyl groups excluding tert-OH is 4. The summed E-state index contributed by atoms with van der Waals surface area (Å²) in [5, 5.41) is 44.9. The molecule has 1 rings (SSSR count). The van der Waals surface area contributed by atoms with Gasteiger partial charge in [0.15, 0.2) is 0 Å². The first kappa shape index (κ1) is 9.85. The molecule has 0 aromatic heterocycles. The highest BCUT2D eigenvalue weighted by Gasteiger charge is 2.52. The van der Waals surface area contributed by atoms with Crippen molar-refractivity contribution in [2.24, 2.45) is 0 Å². The minimum Gasteiger partial charge on any atom is -0.393 e. The molecule has 0 aliphatic carbocycles. The van der Waals surface area contributed by atoms with Crippen LogP contribution in [-0.2, 0) is 4.74 Å². The Morgan fingerprint density at radius 2 is 2.08 bits per heavy atom. The smallest absolute Gasteiger partial charge is 0.224 e. The van der Waals surface area contributed by atoms with E-state index in [-0.39, 0.29) is 6.61 Å². The fraction of sp³-hybridized carbons (Fsp3) is 1.00. The minimum absolute atomic E-state index is 0.269. The minimum atomic E-state index is -2.26. The van der Waals surface area contributed by atoms with E-state index in [1.165, 1.54) is 0 Å². The van der Waals surface area contributed by atoms with Crippen molar-refractivity contribution in [3.8, 4) is 0 Å². The summed E-state index contributed by atoms with van der Waals surface area (Å²) in [6, 6.07) is 0. The lowest BCUT2D eigenvalue weighted by Crippen LogP contribution is -2.53. The maximum atomic E-state index is 9.36. The van der Waals surface area contributed by atoms with Crippen LogP contribution >= 0.6 is 0 Å². The molecule has 1 heterocycles. The first-order valence-electron chi connectivity index (χ1n) is 3.53. The van der Waals surface area contributed by atoms with Crippen LogP contribution in [0.15, 0.2) is 0 Å². The van der Waals surface area contributed by atoms with Crippen LogP contribution in [0.5, 0.6) is 0 Å². The van der Waals surface area contributed by atoms with E-state index in [2.05, 4.69) is 4.74 Å². The molecule has 1 fully saturated rings. The van der Waals surface area contributed by atoms with Crippen LogP contribution in [-0.4, -0.2) is 62.8 Å². The molecule has 0 aromatic carbocycles. The quantitative estimate of drug-likeness (QED) is 0.306. The standard InChI is InChI=1S/C6H12O6/c7-1-4(9)6(11)5(10)3(8)2-12-6/h3-5,7-11H,1-2H2/t3-,4+,5+,6+/m0/s1. The molecule has 1 aliphatic rings. The third-order valence-electron chi connectivity index (χ3n) is 1.92. The molecule has 6 heteroatoms. The largest absolute Gasteiger partial charge is 0.393 e. The van der Waals surface area contributed by atoms with Crippen LogP contribution in [0.25, 0.3) is 0 Å². The van der Waals surface area contributed by atoms with Crippen LogP contribution in [0, 0.1) is 0 Å². The summed E-state index contributed by atoms with van der Waals surface area (Å²) in [7, 11) is 0. The van der Waals surface area contributed by atoms with Gasteiger partial charge in [-0.25, -0.2) is 0 Å². The molecule has 1 aliphatic heterocycles. The third kappa shape index (κ3) is 1.33. The molecule has 0 saturated carbocycles. The normalized spacial score (nSPS) is 44.8. The summed E-state index contributed by atoms with van der Waals surface area (Å²) in [5.74, 6) is -2.26. The van der Waals surface area contributed by atoms with Crippen molar-refractivity contribution in [3.05, 3.63) is 0 Å². The number of rotatable bonds is 2. The van der Waals surface area contributed by atoms with E-state index >= 15 is 0 Å². The van der Waals surface area contributed by atoms with Gasteiger partial charge in [0, 0.05) is 0 Å². The summed E-state index contributed by atoms with van der Waals surface area (Å²) < 4.78 is 4.56. The Kier molecular flexibility index (Phi) is 2.67. The molecular formula is C6H12O6. The Balaban J connectivity index is 2.71. The lowest BCUT2D eigenvalue weighted by molar-refractivity contribution is -0.271. The Hall–Kier alpha value is -0.240. The van der Waals surface area contributed by atoms with Crippen molar-refractivity contribution >= 4 is 0 Å². The Morgan fingerprint density at radius 1 is 1.50 bits per heavy atom. The number of hydrogen-bond donors (Lipinski definition) is 5. The van der Waals surface area contributed by atoms with Gasteiger partial charge in [0.2, 0.25) is 5.79 Å². The molecule has 0 unspecified atom stereocenters. The molecule has 0 amide bonds. The van der Waals surface area contributed by atoms with Crippen molar-refractivity contribution in [3.63, 3.8) is 0 Å². The lowest BCUT2D eigenvalue weighted by Gasteiger charge is -2.29. The lowest BCUT2D eigenvalue weighted by atomic mass is 10.0. The van der Waals surface area contributed by atoms with Gasteiger partial charge in [-0.1, -0.05) is 0 Å². The SMILES string of the molecule is OC[C@@H](O)[C@@]1(O)OC[C@H](O)[C@H]1O. The topological polar surface area (TPSA) is 110 Å². The van der Waals surface area contributed by atoms with Gasteiger partial charge in [0.25, 0.3) is 0 Å². The van der Waals surface area contributed by atoms with E-state index in [0.717, 1.165) is 0 Å². The van der Waals surface area contributed by atoms with E-state index in [4.69, 9.17) is 20.4 Å². The van der Waals surface area contributed by atoms with E-state index in [1.807, 2.05) is 0 Å². The molecule has 0 radical (unpaired) electrons. The van der Waals surface area contributed by atoms with Gasteiger partial charge in [0.05, 0.1) is 13.2 Å². The van der Waals surface area contributed by atoms with E-state index < -0.39 is 30.7 Å². The van der Waals surface area contributed by atoms with Crippen molar-refractivity contribution in [2.75, 3.05) is 13.2 Å². The second-order valence-electron chi connectivity index (χ2n) is 2.77. The molecule has 72 valence electrons. The molecule has 5 N–H and O–H groups in total. The number of aliphatic hydroxyl groups is 5. The van der Waals surface area contributed by atoms with Gasteiger partial charge in [-0.2, -0.15) is 0 Å². The Bertz CT molecular complexity index is 162. The van der Waals surface area contributed by atoms with Gasteiger partial charge in [0.1, 0.15) is 18.3 Å². The molecule has 4 atom stereocenters. The maximum absolute atomic E-state index is 9.36. The third-order valence-corrected chi connectivity index (χ3v) is 1.92. The molecule has 12 heavy (non-hydrogen) atoms. The Labute approximate surface area is 68.6 Å². The van der Waals surface area contributed by atoms with Crippen LogP contribution in [0.3, 0.4) is 0 Å². The molecule has 0 spiro atoms. The van der Waals surface area contributed by atoms with E-state index in [9.17, 15) is 5.11 Å². The van der Waals surface area contributed by atoms with Gasteiger partial charge < -0.3 is 30.3 Å². The van der Waals surface area contributed by atoms with Crippen molar-refractivity contribution in [2.45, 2.75) is 24.1 Å². The first-order chi connectivity index (χ1) is 5.52. The highest BCUT2D eigenvalue weighted by molar-refractivity contribution is 4.94. The first-order valence-corrected chi connectivity index (χ1v) is 3.53. The second-order valence-corrected chi connectivity index (χ2v) is 2.77. The summed E-state index contributed by atoms with van der Waals surface area (Å²) in [5.41, 5.74) is 0. The molecule has 0 bridgehead atoms. The van der Waals surface area contributed by atoms with Gasteiger partial charge >= 0.3 is 0 Å². The monoisotopic (exact) mass is 180 g/mol. The zero-order chi connectivity index (χ0) is 9.35. The second kappa shape index (κ2) is 3.25. The van der Waals surface area contributed by atoms with Crippen molar-refractivity contribution in [1.82, 2.24) is 0 Å². The number of ether oxygens (including phenoxy) is 1. The van der Waals surface area contributed by atoms with Gasteiger partial charge in [-0.05, 0) is 0 Å². The zero-order valence-electron chi connectivity index (χ0n) is 6.29. The summed E-state index contributed by atoms with van der Waals surface area (Å²) in [4.78, 5) is 0. The fourth-order valence-electron chi connectivity index (χ4n) is 1.10. The van der Waals surface area contributed by atoms with Gasteiger partial charge in [-0.3, -0.25) is 0 Å². The van der Waals surface area contributed by atoms with E-state index in [1.54, 1.807) is 0 Å². The van der Waals surface area contributed by atoms with Crippen LogP contribution in [0.1, 0.15) is 0 Å². The number of hydrogen-bond acceptors (Lipinski definition) is 6. The average Bonchev–Trinajstić information content (AvgIpc) is 2.33. The highest BCUT2D eigenvalue weighted by atomic mass is 16.7. The summed E-state index contributed by atoms with van der Waals surface area (Å²) in [6.07, 6.45) is -4.46. The average molecular weight is 180 g/mol. The Morgan fingerprint density at radius 3 is 2.42 bits per heavy atom. The van der Waals surface area contributed by atoms with Crippen molar-refractivity contribution in [1.29, 1.82) is 0 Å². The maximum Gasteiger partial charge on any atom is 0.224 e. The molecule has 6 nitrogen and oxygen atoms in total. The predicted octanol–water partition coefficient (Wildman–Crippen LogP) is -3.22. The van der Waals surface area contributed by atoms with Crippen LogP contribution in [0.4, 0.5) is 0 Å². The van der Waals surface area contributed by atoms with Crippen LogP contribution in [0.2, 0.25) is 0 Å². The molecular weight excluding hydrogens is 168 g/mol. The molecule has 0 aromatic rings. The predicted molar refractivity (Wildman–Crippen MR) is 36.0 cm³/mol. The van der Waals surface area contributed by atoms with Gasteiger partial charge in [-0.15, -0.1) is 0 Å². The van der Waals surface area contributed by atoms with E-state index in [0.29, 0.717) is 0 Å². The van der Waals surface area contributed by atoms with Crippen LogP contribution < -0.4 is 0 Å². The van der Waals surface area contributed by atoms with Crippen molar-refractivity contribution < 1.29 is 30.3 Å². The fourth-order valence-corrected chi connectivity index (χ4v) is 1.10. The molecule has 1 saturated heterocycles.